The smallest absolute Gasteiger partial charge is 0.227 e. The first-order valence-corrected chi connectivity index (χ1v) is 11.4. The van der Waals surface area contributed by atoms with Crippen LogP contribution in [0, 0.1) is 20.8 Å². The minimum absolute atomic E-state index is 0.814. The van der Waals surface area contributed by atoms with Gasteiger partial charge in [0.15, 0.2) is 0 Å². The van der Waals surface area contributed by atoms with Crippen molar-refractivity contribution in [2.24, 2.45) is 7.05 Å². The number of anilines is 2. The summed E-state index contributed by atoms with van der Waals surface area (Å²) >= 11 is 0. The van der Waals surface area contributed by atoms with Crippen molar-refractivity contribution in [3.05, 3.63) is 46.7 Å². The molecule has 1 saturated heterocycles. The Morgan fingerprint density at radius 1 is 0.875 bits per heavy atom. The monoisotopic (exact) mass is 432 g/mol. The number of pyridine rings is 1. The first-order chi connectivity index (χ1) is 15.4. The van der Waals surface area contributed by atoms with E-state index in [4.69, 9.17) is 15.0 Å². The third kappa shape index (κ3) is 3.83. The van der Waals surface area contributed by atoms with Gasteiger partial charge in [0.25, 0.3) is 0 Å². The van der Waals surface area contributed by atoms with Crippen LogP contribution in [-0.4, -0.2) is 69.4 Å². The molecule has 0 amide bonds. The maximum absolute atomic E-state index is 5.06. The zero-order valence-electron chi connectivity index (χ0n) is 19.8. The van der Waals surface area contributed by atoms with Crippen molar-refractivity contribution >= 4 is 11.8 Å². The van der Waals surface area contributed by atoms with Gasteiger partial charge >= 0.3 is 0 Å². The van der Waals surface area contributed by atoms with E-state index in [0.717, 1.165) is 80.0 Å². The van der Waals surface area contributed by atoms with Crippen molar-refractivity contribution in [2.75, 3.05) is 49.6 Å². The number of aromatic nitrogens is 5. The lowest BCUT2D eigenvalue weighted by molar-refractivity contribution is 0.311. The zero-order valence-corrected chi connectivity index (χ0v) is 19.8. The van der Waals surface area contributed by atoms with Gasteiger partial charge in [-0.05, 0) is 39.4 Å². The predicted molar refractivity (Wildman–Crippen MR) is 127 cm³/mol. The molecule has 8 heteroatoms. The van der Waals surface area contributed by atoms with Gasteiger partial charge in [0.2, 0.25) is 5.95 Å². The van der Waals surface area contributed by atoms with Crippen LogP contribution in [0.15, 0.2) is 18.5 Å². The number of piperazine rings is 1. The first-order valence-electron chi connectivity index (χ1n) is 11.4. The van der Waals surface area contributed by atoms with Gasteiger partial charge < -0.3 is 14.7 Å². The number of likely N-dealkylation sites (N-methyl/N-ethyl adjacent to an activating group) is 1. The van der Waals surface area contributed by atoms with E-state index in [1.807, 2.05) is 24.9 Å². The molecule has 5 heterocycles. The number of fused-ring (bicyclic) bond motifs is 1. The van der Waals surface area contributed by atoms with Crippen LogP contribution < -0.4 is 9.80 Å². The largest absolute Gasteiger partial charge is 0.351 e. The zero-order chi connectivity index (χ0) is 22.4. The second kappa shape index (κ2) is 8.16. The van der Waals surface area contributed by atoms with Crippen molar-refractivity contribution in [2.45, 2.75) is 33.7 Å². The highest BCUT2D eigenvalue weighted by atomic mass is 15.3. The highest BCUT2D eigenvalue weighted by molar-refractivity contribution is 5.66. The van der Waals surface area contributed by atoms with Gasteiger partial charge in [-0.25, -0.2) is 4.98 Å². The van der Waals surface area contributed by atoms with E-state index in [1.54, 1.807) is 0 Å². The van der Waals surface area contributed by atoms with Crippen molar-refractivity contribution < 1.29 is 0 Å². The van der Waals surface area contributed by atoms with Crippen LogP contribution in [0.4, 0.5) is 11.8 Å². The molecule has 0 radical (unpaired) electrons. The summed E-state index contributed by atoms with van der Waals surface area (Å²) in [6.07, 6.45) is 4.98. The second-order valence-corrected chi connectivity index (χ2v) is 9.15. The van der Waals surface area contributed by atoms with Crippen LogP contribution in [0.2, 0.25) is 0 Å². The Bertz CT molecular complexity index is 1140. The van der Waals surface area contributed by atoms with Crippen LogP contribution in [0.1, 0.15) is 28.2 Å². The summed E-state index contributed by atoms with van der Waals surface area (Å²) in [5.74, 6) is 1.92. The van der Waals surface area contributed by atoms with E-state index >= 15 is 0 Å². The van der Waals surface area contributed by atoms with Gasteiger partial charge in [-0.2, -0.15) is 10.1 Å². The average Bonchev–Trinajstić information content (AvgIpc) is 3.13. The molecule has 0 spiro atoms. The van der Waals surface area contributed by atoms with Crippen LogP contribution in [0.3, 0.4) is 0 Å². The molecule has 0 bridgehead atoms. The van der Waals surface area contributed by atoms with E-state index in [1.165, 1.54) is 16.8 Å². The lowest BCUT2D eigenvalue weighted by Crippen LogP contribution is -2.45. The van der Waals surface area contributed by atoms with Crippen molar-refractivity contribution in [1.29, 1.82) is 0 Å². The lowest BCUT2D eigenvalue weighted by atomic mass is 10.0. The van der Waals surface area contributed by atoms with Crippen LogP contribution in [0.25, 0.3) is 11.1 Å². The summed E-state index contributed by atoms with van der Waals surface area (Å²) in [4.78, 5) is 21.8. The molecule has 32 heavy (non-hydrogen) atoms. The average molecular weight is 433 g/mol. The molecule has 0 unspecified atom stereocenters. The summed E-state index contributed by atoms with van der Waals surface area (Å²) in [5.41, 5.74) is 7.99. The molecule has 0 saturated carbocycles. The SMILES string of the molecule is Cc1nn(C)cc1-c1cnc2c(c1)CN(c1nc(N3CCN(C)CC3)nc(C)c1C)CC2. The number of hydrogen-bond acceptors (Lipinski definition) is 7. The van der Waals surface area contributed by atoms with Crippen molar-refractivity contribution in [1.82, 2.24) is 29.6 Å². The van der Waals surface area contributed by atoms with E-state index in [-0.39, 0.29) is 0 Å². The molecule has 5 rings (SSSR count). The van der Waals surface area contributed by atoms with Crippen LogP contribution in [-0.2, 0) is 20.0 Å². The minimum atomic E-state index is 0.814. The molecule has 0 atom stereocenters. The molecule has 3 aromatic rings. The number of hydrogen-bond donors (Lipinski definition) is 0. The molecule has 8 nitrogen and oxygen atoms in total. The molecule has 2 aliphatic heterocycles. The van der Waals surface area contributed by atoms with Crippen molar-refractivity contribution in [3.63, 3.8) is 0 Å². The van der Waals surface area contributed by atoms with E-state index in [2.05, 4.69) is 53.0 Å². The Kier molecular flexibility index (Phi) is 5.33. The lowest BCUT2D eigenvalue weighted by Gasteiger charge is -2.34. The first kappa shape index (κ1) is 20.9. The Balaban J connectivity index is 1.45. The summed E-state index contributed by atoms with van der Waals surface area (Å²) in [6, 6.07) is 2.28. The fourth-order valence-electron chi connectivity index (χ4n) is 4.69. The maximum atomic E-state index is 5.06. The molecule has 1 fully saturated rings. The summed E-state index contributed by atoms with van der Waals surface area (Å²) < 4.78 is 1.86. The van der Waals surface area contributed by atoms with Crippen LogP contribution >= 0.6 is 0 Å². The standard InChI is InChI=1S/C24H32N8/c1-16-17(2)26-24(31-10-8-29(4)9-11-31)27-23(16)32-7-6-22-20(14-32)12-19(13-25-22)21-15-30(5)28-18(21)3/h12-13,15H,6-11,14H2,1-5H3. The van der Waals surface area contributed by atoms with Gasteiger partial charge in [-0.3, -0.25) is 9.67 Å². The van der Waals surface area contributed by atoms with Gasteiger partial charge in [-0.1, -0.05) is 0 Å². The van der Waals surface area contributed by atoms with Crippen LogP contribution in [0.5, 0.6) is 0 Å². The molecule has 2 aliphatic rings. The van der Waals surface area contributed by atoms with E-state index in [0.29, 0.717) is 0 Å². The maximum Gasteiger partial charge on any atom is 0.227 e. The Morgan fingerprint density at radius 3 is 2.38 bits per heavy atom. The Hall–Kier alpha value is -3.00. The van der Waals surface area contributed by atoms with E-state index < -0.39 is 0 Å². The third-order valence-electron chi connectivity index (χ3n) is 6.80. The van der Waals surface area contributed by atoms with Gasteiger partial charge in [-0.15, -0.1) is 0 Å². The molecule has 3 aromatic heterocycles. The Morgan fingerprint density at radius 2 is 1.66 bits per heavy atom. The number of rotatable bonds is 3. The fraction of sp³-hybridized carbons (Fsp3) is 0.500. The quantitative estimate of drug-likeness (QED) is 0.630. The predicted octanol–water partition coefficient (Wildman–Crippen LogP) is 2.51. The summed E-state index contributed by atoms with van der Waals surface area (Å²) in [7, 11) is 4.13. The molecular weight excluding hydrogens is 400 g/mol. The van der Waals surface area contributed by atoms with Gasteiger partial charge in [0.1, 0.15) is 5.82 Å². The molecule has 0 aromatic carbocycles. The van der Waals surface area contributed by atoms with Crippen molar-refractivity contribution in [3.8, 4) is 11.1 Å². The number of nitrogens with zero attached hydrogens (tertiary/aromatic N) is 8. The third-order valence-corrected chi connectivity index (χ3v) is 6.80. The topological polar surface area (TPSA) is 66.2 Å². The molecule has 168 valence electrons. The highest BCUT2D eigenvalue weighted by Gasteiger charge is 2.24. The van der Waals surface area contributed by atoms with E-state index in [9.17, 15) is 0 Å². The normalized spacial score (nSPS) is 17.0. The highest BCUT2D eigenvalue weighted by Crippen LogP contribution is 2.30. The summed E-state index contributed by atoms with van der Waals surface area (Å²) in [6.45, 7) is 12.1. The van der Waals surface area contributed by atoms with Gasteiger partial charge in [0.05, 0.1) is 5.69 Å². The second-order valence-electron chi connectivity index (χ2n) is 9.15. The minimum Gasteiger partial charge on any atom is -0.351 e. The molecular formula is C24H32N8. The molecule has 0 aliphatic carbocycles. The van der Waals surface area contributed by atoms with Gasteiger partial charge in [0, 0.05) is 93.2 Å². The molecule has 0 N–H and O–H groups in total. The summed E-state index contributed by atoms with van der Waals surface area (Å²) in [5, 5.41) is 4.50. The number of aryl methyl sites for hydroxylation is 3. The fourth-order valence-corrected chi connectivity index (χ4v) is 4.69. The Labute approximate surface area is 189 Å².